The van der Waals surface area contributed by atoms with E-state index in [1.807, 2.05) is 32.0 Å². The Morgan fingerprint density at radius 1 is 1.26 bits per heavy atom. The van der Waals surface area contributed by atoms with Gasteiger partial charge in [-0.1, -0.05) is 37.6 Å². The molecule has 0 saturated heterocycles. The van der Waals surface area contributed by atoms with Crippen LogP contribution in [0.15, 0.2) is 30.6 Å². The molecule has 0 saturated carbocycles. The van der Waals surface area contributed by atoms with Crippen LogP contribution in [0.3, 0.4) is 0 Å². The number of nitriles is 1. The molecule has 4 nitrogen and oxygen atoms in total. The van der Waals surface area contributed by atoms with Crippen molar-refractivity contribution in [3.05, 3.63) is 46.9 Å². The Kier molecular flexibility index (Phi) is 3.98. The van der Waals surface area contributed by atoms with Crippen LogP contribution in [0.4, 0.5) is 11.5 Å². The number of hydrogen-bond acceptors (Lipinski definition) is 4. The van der Waals surface area contributed by atoms with Gasteiger partial charge >= 0.3 is 0 Å². The molecule has 0 unspecified atom stereocenters. The molecule has 19 heavy (non-hydrogen) atoms. The van der Waals surface area contributed by atoms with Crippen LogP contribution < -0.4 is 5.32 Å². The van der Waals surface area contributed by atoms with Crippen molar-refractivity contribution in [2.75, 3.05) is 5.32 Å². The smallest absolute Gasteiger partial charge is 0.138 e. The van der Waals surface area contributed by atoms with Crippen molar-refractivity contribution in [1.29, 1.82) is 5.26 Å². The average Bonchev–Trinajstić information content (AvgIpc) is 2.39. The van der Waals surface area contributed by atoms with Crippen LogP contribution in [0.25, 0.3) is 0 Å². The zero-order chi connectivity index (χ0) is 13.8. The number of nitrogens with zero attached hydrogens (tertiary/aromatic N) is 3. The maximum Gasteiger partial charge on any atom is 0.138 e. The van der Waals surface area contributed by atoms with E-state index >= 15 is 0 Å². The molecule has 0 amide bonds. The van der Waals surface area contributed by atoms with E-state index in [0.717, 1.165) is 5.56 Å². The molecule has 1 aromatic carbocycles. The Morgan fingerprint density at radius 3 is 2.68 bits per heavy atom. The van der Waals surface area contributed by atoms with Crippen molar-refractivity contribution in [1.82, 2.24) is 9.97 Å². The van der Waals surface area contributed by atoms with E-state index in [1.54, 1.807) is 6.07 Å². The zero-order valence-corrected chi connectivity index (χ0v) is 11.4. The SMILES string of the molecule is CC(C)c1c(Cl)ncnc1Nc1ccccc1C#N. The summed E-state index contributed by atoms with van der Waals surface area (Å²) in [4.78, 5) is 8.21. The zero-order valence-electron chi connectivity index (χ0n) is 10.7. The third kappa shape index (κ3) is 2.83. The Bertz CT molecular complexity index is 632. The van der Waals surface area contributed by atoms with Crippen molar-refractivity contribution in [2.45, 2.75) is 19.8 Å². The fraction of sp³-hybridized carbons (Fsp3) is 0.214. The summed E-state index contributed by atoms with van der Waals surface area (Å²) in [5.41, 5.74) is 2.12. The molecule has 0 aliphatic heterocycles. The average molecular weight is 273 g/mol. The number of anilines is 2. The minimum Gasteiger partial charge on any atom is -0.339 e. The molecule has 0 bridgehead atoms. The lowest BCUT2D eigenvalue weighted by atomic mass is 10.1. The summed E-state index contributed by atoms with van der Waals surface area (Å²) in [6, 6.07) is 9.40. The van der Waals surface area contributed by atoms with Crippen LogP contribution in [0.5, 0.6) is 0 Å². The predicted octanol–water partition coefficient (Wildman–Crippen LogP) is 3.87. The van der Waals surface area contributed by atoms with Crippen molar-refractivity contribution in [3.8, 4) is 6.07 Å². The van der Waals surface area contributed by atoms with E-state index in [0.29, 0.717) is 22.2 Å². The molecular formula is C14H13ClN4. The van der Waals surface area contributed by atoms with E-state index in [4.69, 9.17) is 16.9 Å². The van der Waals surface area contributed by atoms with Crippen molar-refractivity contribution >= 4 is 23.1 Å². The van der Waals surface area contributed by atoms with Gasteiger partial charge in [-0.15, -0.1) is 0 Å². The summed E-state index contributed by atoms with van der Waals surface area (Å²) >= 11 is 6.11. The standard InChI is InChI=1S/C14H13ClN4/c1-9(2)12-13(15)17-8-18-14(12)19-11-6-4-3-5-10(11)7-16/h3-6,8-9H,1-2H3,(H,17,18,19). The quantitative estimate of drug-likeness (QED) is 0.862. The highest BCUT2D eigenvalue weighted by Crippen LogP contribution is 2.30. The number of para-hydroxylation sites is 1. The maximum atomic E-state index is 9.08. The van der Waals surface area contributed by atoms with Crippen LogP contribution >= 0.6 is 11.6 Å². The van der Waals surface area contributed by atoms with E-state index in [-0.39, 0.29) is 5.92 Å². The van der Waals surface area contributed by atoms with Crippen LogP contribution in [-0.4, -0.2) is 9.97 Å². The summed E-state index contributed by atoms with van der Waals surface area (Å²) < 4.78 is 0. The van der Waals surface area contributed by atoms with Gasteiger partial charge in [0.2, 0.25) is 0 Å². The second-order valence-corrected chi connectivity index (χ2v) is 4.72. The van der Waals surface area contributed by atoms with Gasteiger partial charge in [-0.05, 0) is 18.1 Å². The molecule has 2 rings (SSSR count). The number of nitrogens with one attached hydrogen (secondary N) is 1. The first-order chi connectivity index (χ1) is 9.13. The number of rotatable bonds is 3. The fourth-order valence-electron chi connectivity index (χ4n) is 1.80. The second-order valence-electron chi connectivity index (χ2n) is 4.36. The van der Waals surface area contributed by atoms with E-state index in [1.165, 1.54) is 6.33 Å². The molecule has 2 aromatic rings. The lowest BCUT2D eigenvalue weighted by molar-refractivity contribution is 0.850. The van der Waals surface area contributed by atoms with Gasteiger partial charge < -0.3 is 5.32 Å². The predicted molar refractivity (Wildman–Crippen MR) is 75.6 cm³/mol. The molecule has 0 aliphatic rings. The first-order valence-corrected chi connectivity index (χ1v) is 6.27. The molecule has 0 radical (unpaired) electrons. The molecule has 0 atom stereocenters. The molecular weight excluding hydrogens is 260 g/mol. The number of aromatic nitrogens is 2. The summed E-state index contributed by atoms with van der Waals surface area (Å²) in [7, 11) is 0. The summed E-state index contributed by atoms with van der Waals surface area (Å²) in [6.45, 7) is 4.04. The summed E-state index contributed by atoms with van der Waals surface area (Å²) in [6.07, 6.45) is 1.41. The molecule has 1 N–H and O–H groups in total. The van der Waals surface area contributed by atoms with Gasteiger partial charge in [0.15, 0.2) is 0 Å². The largest absolute Gasteiger partial charge is 0.339 e. The Labute approximate surface area is 117 Å². The normalized spacial score (nSPS) is 10.3. The topological polar surface area (TPSA) is 61.6 Å². The van der Waals surface area contributed by atoms with Crippen LogP contribution in [0.2, 0.25) is 5.15 Å². The first kappa shape index (κ1) is 13.3. The summed E-state index contributed by atoms with van der Waals surface area (Å²) in [5, 5.41) is 12.7. The Hall–Kier alpha value is -2.12. The van der Waals surface area contributed by atoms with Gasteiger partial charge in [0.05, 0.1) is 11.3 Å². The lowest BCUT2D eigenvalue weighted by Crippen LogP contribution is -2.03. The number of hydrogen-bond donors (Lipinski definition) is 1. The molecule has 0 fully saturated rings. The lowest BCUT2D eigenvalue weighted by Gasteiger charge is -2.14. The highest BCUT2D eigenvalue weighted by molar-refractivity contribution is 6.30. The third-order valence-corrected chi connectivity index (χ3v) is 3.01. The monoisotopic (exact) mass is 272 g/mol. The highest BCUT2D eigenvalue weighted by atomic mass is 35.5. The Balaban J connectivity index is 2.45. The van der Waals surface area contributed by atoms with Gasteiger partial charge in [-0.2, -0.15) is 5.26 Å². The number of halogens is 1. The molecule has 96 valence electrons. The van der Waals surface area contributed by atoms with Gasteiger partial charge in [-0.3, -0.25) is 0 Å². The van der Waals surface area contributed by atoms with Crippen LogP contribution in [-0.2, 0) is 0 Å². The van der Waals surface area contributed by atoms with Gasteiger partial charge in [0, 0.05) is 5.56 Å². The van der Waals surface area contributed by atoms with Gasteiger partial charge in [-0.25, -0.2) is 9.97 Å². The van der Waals surface area contributed by atoms with E-state index < -0.39 is 0 Å². The molecule has 5 heteroatoms. The highest BCUT2D eigenvalue weighted by Gasteiger charge is 2.14. The van der Waals surface area contributed by atoms with Crippen LogP contribution in [0.1, 0.15) is 30.9 Å². The molecule has 1 aromatic heterocycles. The Morgan fingerprint density at radius 2 is 2.00 bits per heavy atom. The van der Waals surface area contributed by atoms with Gasteiger partial charge in [0.1, 0.15) is 23.4 Å². The first-order valence-electron chi connectivity index (χ1n) is 5.90. The van der Waals surface area contributed by atoms with E-state index in [2.05, 4.69) is 21.4 Å². The third-order valence-electron chi connectivity index (χ3n) is 2.71. The molecule has 0 spiro atoms. The fourth-order valence-corrected chi connectivity index (χ4v) is 2.15. The van der Waals surface area contributed by atoms with E-state index in [9.17, 15) is 0 Å². The number of benzene rings is 1. The molecule has 1 heterocycles. The minimum atomic E-state index is 0.186. The summed E-state index contributed by atoms with van der Waals surface area (Å²) in [5.74, 6) is 0.822. The van der Waals surface area contributed by atoms with Crippen molar-refractivity contribution in [3.63, 3.8) is 0 Å². The van der Waals surface area contributed by atoms with Crippen molar-refractivity contribution < 1.29 is 0 Å². The van der Waals surface area contributed by atoms with Crippen molar-refractivity contribution in [2.24, 2.45) is 0 Å². The maximum absolute atomic E-state index is 9.08. The molecule has 0 aliphatic carbocycles. The van der Waals surface area contributed by atoms with Crippen LogP contribution in [0, 0.1) is 11.3 Å². The van der Waals surface area contributed by atoms with Gasteiger partial charge in [0.25, 0.3) is 0 Å². The minimum absolute atomic E-state index is 0.186. The second kappa shape index (κ2) is 5.68.